The molecule has 1 N–H and O–H groups in total. The molecule has 1 aliphatic rings. The summed E-state index contributed by atoms with van der Waals surface area (Å²) in [6.45, 7) is 7.32. The van der Waals surface area contributed by atoms with Crippen LogP contribution in [0.5, 0.6) is 0 Å². The zero-order valence-corrected chi connectivity index (χ0v) is 19.3. The third-order valence-corrected chi connectivity index (χ3v) is 6.08. The van der Waals surface area contributed by atoms with E-state index in [2.05, 4.69) is 38.2 Å². The second-order valence-electron chi connectivity index (χ2n) is 7.99. The van der Waals surface area contributed by atoms with Crippen LogP contribution in [0.25, 0.3) is 5.57 Å². The average molecular weight is 439 g/mol. The summed E-state index contributed by atoms with van der Waals surface area (Å²) in [6.07, 6.45) is 5.24. The molecule has 0 radical (unpaired) electrons. The monoisotopic (exact) mass is 438 g/mol. The van der Waals surface area contributed by atoms with Crippen LogP contribution in [-0.4, -0.2) is 24.9 Å². The summed E-state index contributed by atoms with van der Waals surface area (Å²) in [5.41, 5.74) is 5.50. The first-order valence-corrected chi connectivity index (χ1v) is 11.5. The van der Waals surface area contributed by atoms with Gasteiger partial charge >= 0.3 is 0 Å². The molecule has 0 bridgehead atoms. The summed E-state index contributed by atoms with van der Waals surface area (Å²) in [6, 6.07) is 13.9. The van der Waals surface area contributed by atoms with Gasteiger partial charge in [0.05, 0.1) is 0 Å². The normalized spacial score (nSPS) is 16.6. The van der Waals surface area contributed by atoms with Gasteiger partial charge in [0, 0.05) is 23.8 Å². The van der Waals surface area contributed by atoms with E-state index in [0.29, 0.717) is 31.0 Å². The number of nitrogens with zero attached hydrogens (tertiary/aromatic N) is 1. The summed E-state index contributed by atoms with van der Waals surface area (Å²) >= 11 is 6.19. The van der Waals surface area contributed by atoms with Crippen LogP contribution < -0.4 is 10.2 Å². The minimum absolute atomic E-state index is 0.110. The van der Waals surface area contributed by atoms with Crippen LogP contribution in [0.1, 0.15) is 49.8 Å². The first-order chi connectivity index (χ1) is 14.9. The molecule has 164 valence electrons. The van der Waals surface area contributed by atoms with Crippen LogP contribution in [-0.2, 0) is 16.0 Å². The topological polar surface area (TPSA) is 49.4 Å². The number of halogens is 1. The first-order valence-electron chi connectivity index (χ1n) is 11.1. The number of anilines is 1. The van der Waals surface area contributed by atoms with E-state index in [0.717, 1.165) is 29.7 Å². The predicted octanol–water partition coefficient (Wildman–Crippen LogP) is 5.56. The molecule has 0 aromatic heterocycles. The number of benzene rings is 2. The molecule has 0 saturated carbocycles. The molecular formula is C26H31ClN2O2. The Morgan fingerprint density at radius 1 is 1.23 bits per heavy atom. The highest BCUT2D eigenvalue weighted by atomic mass is 35.5. The number of amides is 2. The molecular weight excluding hydrogens is 408 g/mol. The van der Waals surface area contributed by atoms with Gasteiger partial charge in [0.25, 0.3) is 0 Å². The second kappa shape index (κ2) is 10.6. The molecule has 2 aromatic rings. The van der Waals surface area contributed by atoms with Crippen molar-refractivity contribution in [1.82, 2.24) is 5.32 Å². The fourth-order valence-corrected chi connectivity index (χ4v) is 4.27. The lowest BCUT2D eigenvalue weighted by molar-refractivity contribution is -0.132. The molecule has 1 saturated heterocycles. The number of nitrogens with one attached hydrogen (secondary N) is 1. The van der Waals surface area contributed by atoms with Gasteiger partial charge in [-0.2, -0.15) is 0 Å². The van der Waals surface area contributed by atoms with Gasteiger partial charge in [0.2, 0.25) is 11.8 Å². The number of rotatable bonds is 8. The van der Waals surface area contributed by atoms with Crippen molar-refractivity contribution in [1.29, 1.82) is 0 Å². The van der Waals surface area contributed by atoms with Crippen molar-refractivity contribution in [2.75, 3.05) is 18.0 Å². The largest absolute Gasteiger partial charge is 0.355 e. The standard InChI is InChI=1S/C26H31ClN2O2/c1-4-7-20(24-17-21(27)11-10-18(24)3)12-14-28-25(30)23-13-15-29(26(23)31)22-9-6-8-19(5-2)16-22/h6-11,16-17,23H,4-5,12-15H2,1-3H3,(H,28,30)/b20-7-. The lowest BCUT2D eigenvalue weighted by Gasteiger charge is -2.18. The van der Waals surface area contributed by atoms with Crippen LogP contribution in [0.15, 0.2) is 48.5 Å². The molecule has 1 aliphatic heterocycles. The lowest BCUT2D eigenvalue weighted by Crippen LogP contribution is -2.37. The summed E-state index contributed by atoms with van der Waals surface area (Å²) in [7, 11) is 0. The Morgan fingerprint density at radius 3 is 2.77 bits per heavy atom. The number of carbonyl (C=O) groups is 2. The summed E-state index contributed by atoms with van der Waals surface area (Å²) < 4.78 is 0. The minimum atomic E-state index is -0.614. The van der Waals surface area contributed by atoms with Crippen molar-refractivity contribution in [2.45, 2.75) is 46.5 Å². The average Bonchev–Trinajstić information content (AvgIpc) is 3.16. The van der Waals surface area contributed by atoms with E-state index in [4.69, 9.17) is 11.6 Å². The van der Waals surface area contributed by atoms with Crippen molar-refractivity contribution in [3.8, 4) is 0 Å². The Kier molecular flexibility index (Phi) is 7.91. The SMILES string of the molecule is CC/C=C(/CCNC(=O)C1CCN(c2cccc(CC)c2)C1=O)c1cc(Cl)ccc1C. The molecule has 1 atom stereocenters. The highest BCUT2D eigenvalue weighted by Crippen LogP contribution is 2.27. The van der Waals surface area contributed by atoms with E-state index in [1.165, 1.54) is 11.1 Å². The fraction of sp³-hybridized carbons (Fsp3) is 0.385. The van der Waals surface area contributed by atoms with Crippen molar-refractivity contribution in [2.24, 2.45) is 5.92 Å². The molecule has 5 heteroatoms. The molecule has 0 spiro atoms. The quantitative estimate of drug-likeness (QED) is 0.548. The van der Waals surface area contributed by atoms with Crippen LogP contribution in [0.3, 0.4) is 0 Å². The Morgan fingerprint density at radius 2 is 2.03 bits per heavy atom. The Balaban J connectivity index is 1.60. The van der Waals surface area contributed by atoms with Gasteiger partial charge < -0.3 is 10.2 Å². The predicted molar refractivity (Wildman–Crippen MR) is 128 cm³/mol. The molecule has 2 amide bonds. The molecule has 1 fully saturated rings. The summed E-state index contributed by atoms with van der Waals surface area (Å²) in [5, 5.41) is 3.69. The van der Waals surface area contributed by atoms with E-state index in [1.54, 1.807) is 4.90 Å². The van der Waals surface area contributed by atoms with Gasteiger partial charge in [-0.1, -0.05) is 49.7 Å². The number of hydrogen-bond acceptors (Lipinski definition) is 2. The van der Waals surface area contributed by atoms with Crippen LogP contribution in [0.4, 0.5) is 5.69 Å². The number of carbonyl (C=O) groups excluding carboxylic acids is 2. The Labute approximate surface area is 190 Å². The van der Waals surface area contributed by atoms with E-state index < -0.39 is 5.92 Å². The van der Waals surface area contributed by atoms with Crippen molar-refractivity contribution >= 4 is 34.7 Å². The van der Waals surface area contributed by atoms with Gasteiger partial charge in [0.1, 0.15) is 5.92 Å². The summed E-state index contributed by atoms with van der Waals surface area (Å²) in [5.74, 6) is -0.907. The molecule has 2 aromatic carbocycles. The third-order valence-electron chi connectivity index (χ3n) is 5.84. The maximum absolute atomic E-state index is 12.9. The van der Waals surface area contributed by atoms with E-state index in [-0.39, 0.29) is 11.8 Å². The Bertz CT molecular complexity index is 983. The molecule has 1 unspecified atom stereocenters. The molecule has 3 rings (SSSR count). The van der Waals surface area contributed by atoms with Crippen LogP contribution >= 0.6 is 11.6 Å². The van der Waals surface area contributed by atoms with Gasteiger partial charge in [-0.25, -0.2) is 0 Å². The smallest absolute Gasteiger partial charge is 0.239 e. The van der Waals surface area contributed by atoms with Crippen molar-refractivity contribution in [3.05, 3.63) is 70.3 Å². The van der Waals surface area contributed by atoms with E-state index in [1.807, 2.05) is 36.4 Å². The van der Waals surface area contributed by atoms with Gasteiger partial charge in [-0.05, 0) is 79.1 Å². The van der Waals surface area contributed by atoms with Crippen molar-refractivity contribution < 1.29 is 9.59 Å². The molecule has 0 aliphatic carbocycles. The zero-order chi connectivity index (χ0) is 22.4. The molecule has 1 heterocycles. The number of hydrogen-bond donors (Lipinski definition) is 1. The highest BCUT2D eigenvalue weighted by molar-refractivity contribution is 6.30. The van der Waals surface area contributed by atoms with Crippen LogP contribution in [0.2, 0.25) is 5.02 Å². The van der Waals surface area contributed by atoms with Crippen LogP contribution in [0, 0.1) is 12.8 Å². The maximum Gasteiger partial charge on any atom is 0.239 e. The zero-order valence-electron chi connectivity index (χ0n) is 18.6. The highest BCUT2D eigenvalue weighted by Gasteiger charge is 2.37. The van der Waals surface area contributed by atoms with E-state index >= 15 is 0 Å². The van der Waals surface area contributed by atoms with Gasteiger partial charge in [-0.15, -0.1) is 0 Å². The van der Waals surface area contributed by atoms with Gasteiger partial charge in [-0.3, -0.25) is 9.59 Å². The maximum atomic E-state index is 12.9. The lowest BCUT2D eigenvalue weighted by atomic mass is 9.97. The van der Waals surface area contributed by atoms with E-state index in [9.17, 15) is 9.59 Å². The number of aryl methyl sites for hydroxylation is 2. The Hall–Kier alpha value is -2.59. The second-order valence-corrected chi connectivity index (χ2v) is 8.43. The molecule has 31 heavy (non-hydrogen) atoms. The fourth-order valence-electron chi connectivity index (χ4n) is 4.10. The third kappa shape index (κ3) is 5.56. The number of allylic oxidation sites excluding steroid dienone is 1. The minimum Gasteiger partial charge on any atom is -0.355 e. The summed E-state index contributed by atoms with van der Waals surface area (Å²) in [4.78, 5) is 27.4. The van der Waals surface area contributed by atoms with Gasteiger partial charge in [0.15, 0.2) is 0 Å². The first kappa shape index (κ1) is 23.1. The molecule has 4 nitrogen and oxygen atoms in total. The van der Waals surface area contributed by atoms with Crippen molar-refractivity contribution in [3.63, 3.8) is 0 Å².